The highest BCUT2D eigenvalue weighted by Gasteiger charge is 2.31. The molecule has 1 saturated heterocycles. The van der Waals surface area contributed by atoms with Crippen molar-refractivity contribution in [3.63, 3.8) is 0 Å². The van der Waals surface area contributed by atoms with Crippen LogP contribution in [0.2, 0.25) is 0 Å². The number of rotatable bonds is 10. The molecule has 0 N–H and O–H groups in total. The number of ether oxygens (including phenoxy) is 1. The van der Waals surface area contributed by atoms with E-state index in [0.29, 0.717) is 42.7 Å². The van der Waals surface area contributed by atoms with Gasteiger partial charge in [0, 0.05) is 11.1 Å². The predicted octanol–water partition coefficient (Wildman–Crippen LogP) is 9.60. The van der Waals surface area contributed by atoms with Crippen molar-refractivity contribution in [2.75, 3.05) is 6.61 Å². The van der Waals surface area contributed by atoms with E-state index in [1.807, 2.05) is 19.1 Å². The highest BCUT2D eigenvalue weighted by atomic mass is 19.2. The Balaban J connectivity index is 1.24. The van der Waals surface area contributed by atoms with Crippen LogP contribution in [0.1, 0.15) is 98.3 Å². The monoisotopic (exact) mass is 538 g/mol. The fourth-order valence-corrected chi connectivity index (χ4v) is 6.29. The van der Waals surface area contributed by atoms with Crippen LogP contribution in [0.15, 0.2) is 36.4 Å². The van der Waals surface area contributed by atoms with Gasteiger partial charge >= 0.3 is 0 Å². The Morgan fingerprint density at radius 1 is 0.718 bits per heavy atom. The first-order valence-corrected chi connectivity index (χ1v) is 14.6. The molecule has 2 atom stereocenters. The summed E-state index contributed by atoms with van der Waals surface area (Å²) in [6.07, 6.45) is 9.62. The lowest BCUT2D eigenvalue weighted by Crippen LogP contribution is -2.20. The minimum absolute atomic E-state index is 0.120. The summed E-state index contributed by atoms with van der Waals surface area (Å²) in [6, 6.07) is 11.5. The standard InChI is InChI=1S/C34H38F4O/c1-3-5-6-8-22-12-16-28(39-20-22)23-13-9-21(10-14-23)11-15-25-18-27-19-26-17-24(7-4-2)31(35)33(37)29(26)30(27)34(38)32(25)36/h9-10,13-14,17-18,22,28H,3-8,11-12,15-16,19-20H2,1-2H3. The minimum atomic E-state index is -1.08. The third kappa shape index (κ3) is 5.79. The molecule has 3 aromatic rings. The van der Waals surface area contributed by atoms with E-state index >= 15 is 8.78 Å². The SMILES string of the molecule is CCCCCC1CCC(c2ccc(CCc3cc4c(c(F)c3F)-c3c(cc(CCC)c(F)c3F)C4)cc2)OC1. The molecular formula is C34H38F4O. The van der Waals surface area contributed by atoms with Gasteiger partial charge in [0.25, 0.3) is 0 Å². The van der Waals surface area contributed by atoms with Gasteiger partial charge in [-0.2, -0.15) is 0 Å². The van der Waals surface area contributed by atoms with Gasteiger partial charge in [0.2, 0.25) is 0 Å². The van der Waals surface area contributed by atoms with Crippen molar-refractivity contribution in [1.29, 1.82) is 0 Å². The van der Waals surface area contributed by atoms with Gasteiger partial charge in [0.1, 0.15) is 0 Å². The molecule has 1 aliphatic carbocycles. The summed E-state index contributed by atoms with van der Waals surface area (Å²) in [5.41, 5.74) is 3.54. The first-order chi connectivity index (χ1) is 18.9. The first kappa shape index (κ1) is 27.9. The number of aryl methyl sites for hydroxylation is 3. The van der Waals surface area contributed by atoms with Crippen LogP contribution < -0.4 is 0 Å². The number of unbranched alkanes of at least 4 members (excludes halogenated alkanes) is 2. The van der Waals surface area contributed by atoms with Crippen LogP contribution in [-0.2, 0) is 30.4 Å². The van der Waals surface area contributed by atoms with Crippen molar-refractivity contribution in [2.24, 2.45) is 5.92 Å². The maximum Gasteiger partial charge on any atom is 0.167 e. The number of halogens is 4. The lowest BCUT2D eigenvalue weighted by molar-refractivity contribution is -0.0198. The second-order valence-corrected chi connectivity index (χ2v) is 11.3. The molecule has 1 aliphatic heterocycles. The van der Waals surface area contributed by atoms with Gasteiger partial charge in [-0.25, -0.2) is 17.6 Å². The van der Waals surface area contributed by atoms with Crippen molar-refractivity contribution in [2.45, 2.75) is 90.6 Å². The molecule has 0 amide bonds. The van der Waals surface area contributed by atoms with E-state index < -0.39 is 23.3 Å². The maximum absolute atomic E-state index is 15.2. The Kier molecular flexibility index (Phi) is 8.76. The topological polar surface area (TPSA) is 9.23 Å². The first-order valence-electron chi connectivity index (χ1n) is 14.6. The van der Waals surface area contributed by atoms with E-state index in [2.05, 4.69) is 19.1 Å². The average molecular weight is 539 g/mol. The van der Waals surface area contributed by atoms with Gasteiger partial charge in [-0.15, -0.1) is 0 Å². The van der Waals surface area contributed by atoms with Crippen LogP contribution in [0, 0.1) is 29.2 Å². The van der Waals surface area contributed by atoms with E-state index in [0.717, 1.165) is 24.2 Å². The molecule has 0 aromatic heterocycles. The fourth-order valence-electron chi connectivity index (χ4n) is 6.29. The third-order valence-electron chi connectivity index (χ3n) is 8.50. The summed E-state index contributed by atoms with van der Waals surface area (Å²) in [5.74, 6) is -3.42. The van der Waals surface area contributed by atoms with Crippen molar-refractivity contribution in [1.82, 2.24) is 0 Å². The molecule has 0 radical (unpaired) electrons. The maximum atomic E-state index is 15.2. The van der Waals surface area contributed by atoms with E-state index in [1.165, 1.54) is 32.1 Å². The number of benzene rings is 3. The van der Waals surface area contributed by atoms with Gasteiger partial charge in [0.05, 0.1) is 12.7 Å². The Labute approximate surface area is 229 Å². The van der Waals surface area contributed by atoms with E-state index in [-0.39, 0.29) is 34.8 Å². The molecule has 208 valence electrons. The Morgan fingerprint density at radius 3 is 1.92 bits per heavy atom. The molecule has 2 unspecified atom stereocenters. The van der Waals surface area contributed by atoms with E-state index in [9.17, 15) is 8.78 Å². The lowest BCUT2D eigenvalue weighted by Gasteiger charge is -2.29. The summed E-state index contributed by atoms with van der Waals surface area (Å²) in [5, 5.41) is 0. The molecule has 0 spiro atoms. The third-order valence-corrected chi connectivity index (χ3v) is 8.50. The zero-order valence-electron chi connectivity index (χ0n) is 23.0. The van der Waals surface area contributed by atoms with Crippen molar-refractivity contribution in [3.8, 4) is 11.1 Å². The molecule has 0 bridgehead atoms. The van der Waals surface area contributed by atoms with Crippen molar-refractivity contribution >= 4 is 0 Å². The van der Waals surface area contributed by atoms with Gasteiger partial charge in [-0.05, 0) is 84.2 Å². The van der Waals surface area contributed by atoms with E-state index in [1.54, 1.807) is 12.1 Å². The molecule has 5 rings (SSSR count). The van der Waals surface area contributed by atoms with Gasteiger partial charge < -0.3 is 4.74 Å². The van der Waals surface area contributed by atoms with E-state index in [4.69, 9.17) is 4.74 Å². The molecule has 3 aromatic carbocycles. The highest BCUT2D eigenvalue weighted by molar-refractivity contribution is 5.79. The summed E-state index contributed by atoms with van der Waals surface area (Å²) >= 11 is 0. The molecule has 1 heterocycles. The van der Waals surface area contributed by atoms with Crippen LogP contribution >= 0.6 is 0 Å². The fraction of sp³-hybridized carbons (Fsp3) is 0.471. The predicted molar refractivity (Wildman–Crippen MR) is 148 cm³/mol. The zero-order chi connectivity index (χ0) is 27.5. The molecular weight excluding hydrogens is 500 g/mol. The second-order valence-electron chi connectivity index (χ2n) is 11.3. The van der Waals surface area contributed by atoms with Gasteiger partial charge in [0.15, 0.2) is 23.3 Å². The second kappa shape index (κ2) is 12.2. The Bertz CT molecular complexity index is 1310. The summed E-state index contributed by atoms with van der Waals surface area (Å²) < 4.78 is 66.0. The molecule has 39 heavy (non-hydrogen) atoms. The molecule has 1 nitrogen and oxygen atoms in total. The van der Waals surface area contributed by atoms with Crippen LogP contribution in [0.4, 0.5) is 17.6 Å². The average Bonchev–Trinajstić information content (AvgIpc) is 3.32. The largest absolute Gasteiger partial charge is 0.373 e. The number of hydrogen-bond donors (Lipinski definition) is 0. The van der Waals surface area contributed by atoms with Gasteiger partial charge in [-0.1, -0.05) is 75.9 Å². The van der Waals surface area contributed by atoms with Crippen LogP contribution in [0.25, 0.3) is 11.1 Å². The summed E-state index contributed by atoms with van der Waals surface area (Å²) in [4.78, 5) is 0. The summed E-state index contributed by atoms with van der Waals surface area (Å²) in [7, 11) is 0. The van der Waals surface area contributed by atoms with Crippen LogP contribution in [-0.4, -0.2) is 6.61 Å². The Hall–Kier alpha value is -2.66. The molecule has 1 fully saturated rings. The highest BCUT2D eigenvalue weighted by Crippen LogP contribution is 2.43. The summed E-state index contributed by atoms with van der Waals surface area (Å²) in [6.45, 7) is 4.94. The Morgan fingerprint density at radius 2 is 1.36 bits per heavy atom. The van der Waals surface area contributed by atoms with Crippen LogP contribution in [0.3, 0.4) is 0 Å². The van der Waals surface area contributed by atoms with Crippen LogP contribution in [0.5, 0.6) is 0 Å². The molecule has 2 aliphatic rings. The smallest absolute Gasteiger partial charge is 0.167 e. The normalized spacial score (nSPS) is 18.3. The lowest BCUT2D eigenvalue weighted by atomic mass is 9.90. The number of hydrogen-bond acceptors (Lipinski definition) is 1. The van der Waals surface area contributed by atoms with Gasteiger partial charge in [-0.3, -0.25) is 0 Å². The van der Waals surface area contributed by atoms with Crippen molar-refractivity contribution < 1.29 is 22.3 Å². The van der Waals surface area contributed by atoms with Crippen molar-refractivity contribution in [3.05, 3.63) is 93.0 Å². The quantitative estimate of drug-likeness (QED) is 0.144. The minimum Gasteiger partial charge on any atom is -0.373 e. The zero-order valence-corrected chi connectivity index (χ0v) is 23.0. The molecule has 5 heteroatoms. The number of fused-ring (bicyclic) bond motifs is 3. The molecule has 0 saturated carbocycles.